The van der Waals surface area contributed by atoms with Crippen LogP contribution in [0.5, 0.6) is 0 Å². The molecule has 0 aliphatic heterocycles. The molecule has 0 aliphatic carbocycles. The summed E-state index contributed by atoms with van der Waals surface area (Å²) >= 11 is 5.66. The van der Waals surface area contributed by atoms with Gasteiger partial charge >= 0.3 is 0 Å². The molecule has 1 aromatic heterocycles. The van der Waals surface area contributed by atoms with Crippen molar-refractivity contribution in [2.45, 2.75) is 25.8 Å². The minimum absolute atomic E-state index is 0.0202. The zero-order chi connectivity index (χ0) is 11.5. The van der Waals surface area contributed by atoms with Crippen LogP contribution < -0.4 is 5.32 Å². The van der Waals surface area contributed by atoms with Gasteiger partial charge in [0, 0.05) is 12.1 Å². The first-order chi connectivity index (χ1) is 6.96. The van der Waals surface area contributed by atoms with Crippen molar-refractivity contribution in [1.29, 1.82) is 0 Å². The third kappa shape index (κ3) is 3.25. The smallest absolute Gasteiger partial charge is 0.256 e. The zero-order valence-electron chi connectivity index (χ0n) is 8.71. The predicted octanol–water partition coefficient (Wildman–Crippen LogP) is 1.82. The standard InChI is InChI=1S/C10H14ClNO3/c1-10(2,4-5-13)12-9(14)7-3-6-15-8(7)11/h3,6,13H,4-5H2,1-2H3,(H,12,14). The minimum atomic E-state index is -0.466. The molecule has 1 rings (SSSR count). The van der Waals surface area contributed by atoms with Gasteiger partial charge in [-0.25, -0.2) is 0 Å². The fraction of sp³-hybridized carbons (Fsp3) is 0.500. The predicted molar refractivity (Wildman–Crippen MR) is 57.0 cm³/mol. The highest BCUT2D eigenvalue weighted by Crippen LogP contribution is 2.18. The van der Waals surface area contributed by atoms with Crippen molar-refractivity contribution in [3.8, 4) is 0 Å². The van der Waals surface area contributed by atoms with Crippen molar-refractivity contribution in [1.82, 2.24) is 5.32 Å². The molecule has 1 heterocycles. The monoisotopic (exact) mass is 231 g/mol. The topological polar surface area (TPSA) is 62.5 Å². The Kier molecular flexibility index (Phi) is 3.77. The Morgan fingerprint density at radius 3 is 2.80 bits per heavy atom. The molecular formula is C10H14ClNO3. The molecule has 0 atom stereocenters. The van der Waals surface area contributed by atoms with Crippen molar-refractivity contribution in [2.24, 2.45) is 0 Å². The maximum atomic E-state index is 11.7. The van der Waals surface area contributed by atoms with Crippen LogP contribution in [0.2, 0.25) is 5.22 Å². The fourth-order valence-electron chi connectivity index (χ4n) is 1.17. The van der Waals surface area contributed by atoms with Crippen LogP contribution >= 0.6 is 11.6 Å². The number of nitrogens with one attached hydrogen (secondary N) is 1. The molecule has 0 saturated heterocycles. The van der Waals surface area contributed by atoms with Crippen molar-refractivity contribution in [2.75, 3.05) is 6.61 Å². The first-order valence-electron chi connectivity index (χ1n) is 4.62. The van der Waals surface area contributed by atoms with Gasteiger partial charge in [-0.3, -0.25) is 4.79 Å². The Morgan fingerprint density at radius 2 is 2.33 bits per heavy atom. The molecule has 0 spiro atoms. The van der Waals surface area contributed by atoms with E-state index in [1.54, 1.807) is 0 Å². The lowest BCUT2D eigenvalue weighted by atomic mass is 10.0. The average Bonchev–Trinajstić information content (AvgIpc) is 2.50. The summed E-state index contributed by atoms with van der Waals surface area (Å²) in [7, 11) is 0. The molecule has 0 aliphatic rings. The van der Waals surface area contributed by atoms with E-state index >= 15 is 0 Å². The Morgan fingerprint density at radius 1 is 1.67 bits per heavy atom. The fourth-order valence-corrected chi connectivity index (χ4v) is 1.37. The number of rotatable bonds is 4. The summed E-state index contributed by atoms with van der Waals surface area (Å²) in [6.45, 7) is 3.68. The average molecular weight is 232 g/mol. The summed E-state index contributed by atoms with van der Waals surface area (Å²) in [5.41, 5.74) is -0.158. The number of carbonyl (C=O) groups is 1. The third-order valence-electron chi connectivity index (χ3n) is 2.05. The lowest BCUT2D eigenvalue weighted by molar-refractivity contribution is 0.0899. The van der Waals surface area contributed by atoms with Crippen LogP contribution in [0.3, 0.4) is 0 Å². The number of aliphatic hydroxyl groups is 1. The molecule has 0 bridgehead atoms. The van der Waals surface area contributed by atoms with E-state index in [-0.39, 0.29) is 17.7 Å². The first kappa shape index (κ1) is 12.1. The van der Waals surface area contributed by atoms with E-state index in [0.29, 0.717) is 12.0 Å². The van der Waals surface area contributed by atoms with Gasteiger partial charge in [0.25, 0.3) is 5.91 Å². The van der Waals surface area contributed by atoms with Crippen LogP contribution in [0.1, 0.15) is 30.6 Å². The molecule has 1 amide bonds. The van der Waals surface area contributed by atoms with Crippen LogP contribution in [-0.4, -0.2) is 23.2 Å². The number of hydrogen-bond acceptors (Lipinski definition) is 3. The summed E-state index contributed by atoms with van der Waals surface area (Å²) in [5, 5.41) is 11.6. The van der Waals surface area contributed by atoms with Gasteiger partial charge in [-0.15, -0.1) is 0 Å². The quantitative estimate of drug-likeness (QED) is 0.831. The van der Waals surface area contributed by atoms with E-state index in [4.69, 9.17) is 21.1 Å². The number of hydrogen-bond donors (Lipinski definition) is 2. The van der Waals surface area contributed by atoms with Crippen LogP contribution in [0.25, 0.3) is 0 Å². The molecular weight excluding hydrogens is 218 g/mol. The normalized spacial score (nSPS) is 11.5. The summed E-state index contributed by atoms with van der Waals surface area (Å²) in [6.07, 6.45) is 1.84. The number of furan rings is 1. The molecule has 0 aromatic carbocycles. The van der Waals surface area contributed by atoms with Crippen molar-refractivity contribution < 1.29 is 14.3 Å². The van der Waals surface area contributed by atoms with Gasteiger partial charge in [-0.2, -0.15) is 0 Å². The van der Waals surface area contributed by atoms with E-state index in [9.17, 15) is 4.79 Å². The summed E-state index contributed by atoms with van der Waals surface area (Å²) < 4.78 is 4.82. The van der Waals surface area contributed by atoms with Gasteiger partial charge in [0.1, 0.15) is 0 Å². The highest BCUT2D eigenvalue weighted by molar-refractivity contribution is 6.32. The summed E-state index contributed by atoms with van der Waals surface area (Å²) in [5.74, 6) is -0.299. The van der Waals surface area contributed by atoms with Gasteiger partial charge in [0.15, 0.2) is 0 Å². The first-order valence-corrected chi connectivity index (χ1v) is 5.00. The van der Waals surface area contributed by atoms with Gasteiger partial charge in [-0.1, -0.05) is 0 Å². The molecule has 0 radical (unpaired) electrons. The number of carbonyl (C=O) groups excluding carboxylic acids is 1. The van der Waals surface area contributed by atoms with Crippen LogP contribution in [-0.2, 0) is 0 Å². The van der Waals surface area contributed by atoms with E-state index in [1.807, 2.05) is 13.8 Å². The second-order valence-corrected chi connectivity index (χ2v) is 4.26. The van der Waals surface area contributed by atoms with Gasteiger partial charge < -0.3 is 14.8 Å². The molecule has 84 valence electrons. The van der Waals surface area contributed by atoms with Crippen LogP contribution in [0.4, 0.5) is 0 Å². The molecule has 1 aromatic rings. The lowest BCUT2D eigenvalue weighted by Crippen LogP contribution is -2.44. The Labute approximate surface area is 93.2 Å². The molecule has 15 heavy (non-hydrogen) atoms. The molecule has 5 heteroatoms. The van der Waals surface area contributed by atoms with E-state index in [2.05, 4.69) is 5.32 Å². The van der Waals surface area contributed by atoms with Gasteiger partial charge in [0.2, 0.25) is 5.22 Å². The van der Waals surface area contributed by atoms with Gasteiger partial charge in [0.05, 0.1) is 11.8 Å². The second-order valence-electron chi connectivity index (χ2n) is 3.92. The summed E-state index contributed by atoms with van der Waals surface area (Å²) in [4.78, 5) is 11.7. The van der Waals surface area contributed by atoms with Crippen molar-refractivity contribution in [3.05, 3.63) is 23.1 Å². The second kappa shape index (κ2) is 4.68. The summed E-state index contributed by atoms with van der Waals surface area (Å²) in [6, 6.07) is 1.51. The largest absolute Gasteiger partial charge is 0.452 e. The molecule has 0 unspecified atom stereocenters. The highest BCUT2D eigenvalue weighted by Gasteiger charge is 2.22. The molecule has 0 fully saturated rings. The number of aliphatic hydroxyl groups excluding tert-OH is 1. The Hall–Kier alpha value is -1.00. The molecule has 0 saturated carbocycles. The minimum Gasteiger partial charge on any atom is -0.452 e. The SMILES string of the molecule is CC(C)(CCO)NC(=O)c1ccoc1Cl. The molecule has 2 N–H and O–H groups in total. The Balaban J connectivity index is 2.68. The van der Waals surface area contributed by atoms with Crippen molar-refractivity contribution >= 4 is 17.5 Å². The van der Waals surface area contributed by atoms with Gasteiger partial charge in [-0.05, 0) is 37.9 Å². The van der Waals surface area contributed by atoms with E-state index < -0.39 is 5.54 Å². The van der Waals surface area contributed by atoms with Crippen LogP contribution in [0.15, 0.2) is 16.7 Å². The third-order valence-corrected chi connectivity index (χ3v) is 2.34. The van der Waals surface area contributed by atoms with Crippen LogP contribution in [0, 0.1) is 0 Å². The highest BCUT2D eigenvalue weighted by atomic mass is 35.5. The maximum absolute atomic E-state index is 11.7. The Bertz CT molecular complexity index is 346. The van der Waals surface area contributed by atoms with E-state index in [1.165, 1.54) is 12.3 Å². The zero-order valence-corrected chi connectivity index (χ0v) is 9.47. The van der Waals surface area contributed by atoms with E-state index in [0.717, 1.165) is 0 Å². The molecule has 4 nitrogen and oxygen atoms in total. The number of halogens is 1. The number of amides is 1. The lowest BCUT2D eigenvalue weighted by Gasteiger charge is -2.24. The maximum Gasteiger partial charge on any atom is 0.256 e. The van der Waals surface area contributed by atoms with Crippen molar-refractivity contribution in [3.63, 3.8) is 0 Å².